The first-order valence-corrected chi connectivity index (χ1v) is 9.00. The molecule has 5 heteroatoms. The summed E-state index contributed by atoms with van der Waals surface area (Å²) in [6, 6.07) is 0. The lowest BCUT2D eigenvalue weighted by atomic mass is 10.0. The van der Waals surface area contributed by atoms with Crippen LogP contribution in [-0.4, -0.2) is 37.9 Å². The first kappa shape index (κ1) is 19.9. The lowest BCUT2D eigenvalue weighted by Crippen LogP contribution is -2.18. The summed E-state index contributed by atoms with van der Waals surface area (Å²) in [5.41, 5.74) is 0. The van der Waals surface area contributed by atoms with Gasteiger partial charge in [0.05, 0.1) is 19.1 Å². The van der Waals surface area contributed by atoms with Crippen molar-refractivity contribution in [2.45, 2.75) is 71.8 Å². The molecule has 1 aliphatic rings. The molecule has 1 aliphatic heterocycles. The van der Waals surface area contributed by atoms with Crippen molar-refractivity contribution in [1.29, 1.82) is 0 Å². The van der Waals surface area contributed by atoms with Crippen molar-refractivity contribution in [3.8, 4) is 0 Å². The molecule has 0 bridgehead atoms. The summed E-state index contributed by atoms with van der Waals surface area (Å²) in [6.45, 7) is 7.69. The maximum absolute atomic E-state index is 11.8. The topological polar surface area (TPSA) is 65.1 Å². The Morgan fingerprint density at radius 2 is 1.91 bits per heavy atom. The van der Waals surface area contributed by atoms with Crippen LogP contribution in [0.1, 0.15) is 65.7 Å². The van der Waals surface area contributed by atoms with Gasteiger partial charge in [-0.1, -0.05) is 40.0 Å². The van der Waals surface area contributed by atoms with Gasteiger partial charge in [-0.2, -0.15) is 0 Å². The van der Waals surface area contributed by atoms with E-state index in [0.29, 0.717) is 45.0 Å². The summed E-state index contributed by atoms with van der Waals surface area (Å²) in [7, 11) is 0. The molecule has 1 rings (SSSR count). The molecular formula is C18H32O5. The first-order valence-electron chi connectivity index (χ1n) is 9.00. The summed E-state index contributed by atoms with van der Waals surface area (Å²) in [6.07, 6.45) is 6.28. The van der Waals surface area contributed by atoms with E-state index in [1.54, 1.807) is 0 Å². The quantitative estimate of drug-likeness (QED) is 0.382. The largest absolute Gasteiger partial charge is 0.465 e. The van der Waals surface area contributed by atoms with Crippen molar-refractivity contribution >= 4 is 11.9 Å². The Morgan fingerprint density at radius 1 is 1.17 bits per heavy atom. The zero-order valence-electron chi connectivity index (χ0n) is 14.8. The van der Waals surface area contributed by atoms with Crippen molar-refractivity contribution < 1.29 is 23.8 Å². The van der Waals surface area contributed by atoms with Gasteiger partial charge in [0.15, 0.2) is 0 Å². The molecule has 1 fully saturated rings. The fourth-order valence-corrected chi connectivity index (χ4v) is 2.33. The van der Waals surface area contributed by atoms with E-state index in [1.807, 2.05) is 6.92 Å². The van der Waals surface area contributed by atoms with Crippen LogP contribution in [0, 0.1) is 11.8 Å². The van der Waals surface area contributed by atoms with Gasteiger partial charge in [-0.05, 0) is 25.2 Å². The maximum atomic E-state index is 11.8. The van der Waals surface area contributed by atoms with E-state index in [9.17, 15) is 9.59 Å². The normalized spacial score (nSPS) is 19.0. The number of esters is 2. The minimum absolute atomic E-state index is 0.0975. The van der Waals surface area contributed by atoms with E-state index in [4.69, 9.17) is 14.2 Å². The van der Waals surface area contributed by atoms with Gasteiger partial charge in [-0.15, -0.1) is 0 Å². The van der Waals surface area contributed by atoms with Crippen molar-refractivity contribution in [3.63, 3.8) is 0 Å². The van der Waals surface area contributed by atoms with E-state index in [2.05, 4.69) is 13.8 Å². The number of hydrogen-bond donors (Lipinski definition) is 0. The highest BCUT2D eigenvalue weighted by atomic mass is 16.6. The first-order chi connectivity index (χ1) is 11.1. The number of hydrogen-bond acceptors (Lipinski definition) is 5. The lowest BCUT2D eigenvalue weighted by molar-refractivity contribution is -0.150. The van der Waals surface area contributed by atoms with E-state index in [-0.39, 0.29) is 24.0 Å². The number of epoxide rings is 1. The smallest absolute Gasteiger partial charge is 0.308 e. The number of carbonyl (C=O) groups excluding carboxylic acids is 2. The summed E-state index contributed by atoms with van der Waals surface area (Å²) in [5, 5.41) is 0. The van der Waals surface area contributed by atoms with E-state index < -0.39 is 0 Å². The van der Waals surface area contributed by atoms with Crippen molar-refractivity contribution in [3.05, 3.63) is 0 Å². The molecular weight excluding hydrogens is 296 g/mol. The standard InChI is InChI=1S/C18H32O5/c1-4-6-9-15(5-2)11-22-17(19)10-7-8-14(3)18(20)23-13-16-12-21-16/h14-16H,4-13H2,1-3H3. The average Bonchev–Trinajstić information content (AvgIpc) is 3.37. The van der Waals surface area contributed by atoms with Crippen molar-refractivity contribution in [2.24, 2.45) is 11.8 Å². The predicted octanol–water partition coefficient (Wildman–Crippen LogP) is 3.49. The summed E-state index contributed by atoms with van der Waals surface area (Å²) < 4.78 is 15.5. The van der Waals surface area contributed by atoms with Gasteiger partial charge < -0.3 is 14.2 Å². The molecule has 3 unspecified atom stereocenters. The minimum Gasteiger partial charge on any atom is -0.465 e. The molecule has 134 valence electrons. The lowest BCUT2D eigenvalue weighted by Gasteiger charge is -2.15. The highest BCUT2D eigenvalue weighted by Crippen LogP contribution is 2.15. The fraction of sp³-hybridized carbons (Fsp3) is 0.889. The molecule has 0 N–H and O–H groups in total. The van der Waals surface area contributed by atoms with Crippen LogP contribution in [0.4, 0.5) is 0 Å². The molecule has 0 spiro atoms. The number of rotatable bonds is 13. The highest BCUT2D eigenvalue weighted by molar-refractivity contribution is 5.72. The molecule has 3 atom stereocenters. The molecule has 23 heavy (non-hydrogen) atoms. The molecule has 5 nitrogen and oxygen atoms in total. The summed E-state index contributed by atoms with van der Waals surface area (Å²) in [4.78, 5) is 23.5. The third kappa shape index (κ3) is 9.59. The Balaban J connectivity index is 2.06. The van der Waals surface area contributed by atoms with Gasteiger partial charge in [0.25, 0.3) is 0 Å². The molecule has 0 saturated carbocycles. The predicted molar refractivity (Wildman–Crippen MR) is 88.0 cm³/mol. The van der Waals surface area contributed by atoms with Gasteiger partial charge in [-0.3, -0.25) is 9.59 Å². The van der Waals surface area contributed by atoms with E-state index >= 15 is 0 Å². The molecule has 0 aromatic heterocycles. The molecule has 1 saturated heterocycles. The maximum Gasteiger partial charge on any atom is 0.308 e. The average molecular weight is 328 g/mol. The number of ether oxygens (including phenoxy) is 3. The van der Waals surface area contributed by atoms with Gasteiger partial charge >= 0.3 is 11.9 Å². The van der Waals surface area contributed by atoms with Crippen LogP contribution < -0.4 is 0 Å². The van der Waals surface area contributed by atoms with Crippen LogP contribution in [0.25, 0.3) is 0 Å². The Morgan fingerprint density at radius 3 is 2.52 bits per heavy atom. The fourth-order valence-electron chi connectivity index (χ4n) is 2.33. The second kappa shape index (κ2) is 11.4. The van der Waals surface area contributed by atoms with E-state index in [0.717, 1.165) is 12.8 Å². The summed E-state index contributed by atoms with van der Waals surface area (Å²) >= 11 is 0. The minimum atomic E-state index is -0.209. The Kier molecular flexibility index (Phi) is 9.92. The van der Waals surface area contributed by atoms with Gasteiger partial charge in [-0.25, -0.2) is 0 Å². The van der Waals surface area contributed by atoms with Gasteiger partial charge in [0, 0.05) is 6.42 Å². The second-order valence-electron chi connectivity index (χ2n) is 6.48. The molecule has 0 aliphatic carbocycles. The Labute approximate surface area is 140 Å². The van der Waals surface area contributed by atoms with Crippen LogP contribution in [0.2, 0.25) is 0 Å². The van der Waals surface area contributed by atoms with Crippen LogP contribution in [0.3, 0.4) is 0 Å². The molecule has 1 heterocycles. The van der Waals surface area contributed by atoms with E-state index in [1.165, 1.54) is 12.8 Å². The second-order valence-corrected chi connectivity index (χ2v) is 6.48. The number of carbonyl (C=O) groups is 2. The third-order valence-corrected chi connectivity index (χ3v) is 4.26. The highest BCUT2D eigenvalue weighted by Gasteiger charge is 2.25. The van der Waals surface area contributed by atoms with Crippen LogP contribution in [-0.2, 0) is 23.8 Å². The monoisotopic (exact) mass is 328 g/mol. The van der Waals surface area contributed by atoms with Crippen LogP contribution in [0.15, 0.2) is 0 Å². The third-order valence-electron chi connectivity index (χ3n) is 4.26. The zero-order valence-corrected chi connectivity index (χ0v) is 14.8. The number of unbranched alkanes of at least 4 members (excludes halogenated alkanes) is 1. The van der Waals surface area contributed by atoms with Crippen LogP contribution in [0.5, 0.6) is 0 Å². The van der Waals surface area contributed by atoms with Crippen molar-refractivity contribution in [1.82, 2.24) is 0 Å². The molecule has 0 aromatic rings. The molecule has 0 aromatic carbocycles. The molecule has 0 radical (unpaired) electrons. The Hall–Kier alpha value is -1.10. The Bertz CT molecular complexity index is 351. The summed E-state index contributed by atoms with van der Waals surface area (Å²) in [5.74, 6) is -0.0849. The van der Waals surface area contributed by atoms with Gasteiger partial charge in [0.2, 0.25) is 0 Å². The zero-order chi connectivity index (χ0) is 17.1. The van der Waals surface area contributed by atoms with Crippen molar-refractivity contribution in [2.75, 3.05) is 19.8 Å². The van der Waals surface area contributed by atoms with Crippen LogP contribution >= 0.6 is 0 Å². The SMILES string of the molecule is CCCCC(CC)COC(=O)CCCC(C)C(=O)OCC1CO1. The molecule has 0 amide bonds. The van der Waals surface area contributed by atoms with Gasteiger partial charge in [0.1, 0.15) is 12.7 Å².